The Bertz CT molecular complexity index is 1170. The van der Waals surface area contributed by atoms with E-state index in [1.54, 1.807) is 0 Å². The molecule has 0 spiro atoms. The summed E-state index contributed by atoms with van der Waals surface area (Å²) in [5, 5.41) is 3.56. The molecule has 6 N–H and O–H groups in total. The number of rotatable bonds is 6. The average Bonchev–Trinajstić information content (AvgIpc) is 3.23. The monoisotopic (exact) mass is 476 g/mol. The van der Waals surface area contributed by atoms with Crippen LogP contribution in [0, 0.1) is 5.92 Å². The van der Waals surface area contributed by atoms with E-state index in [-0.39, 0.29) is 23.0 Å². The molecule has 0 saturated carbocycles. The average molecular weight is 477 g/mol. The molecule has 0 unspecified atom stereocenters. The first kappa shape index (κ1) is 23.7. The van der Waals surface area contributed by atoms with Crippen molar-refractivity contribution in [3.05, 3.63) is 30.2 Å². The second-order valence-electron chi connectivity index (χ2n) is 8.51. The van der Waals surface area contributed by atoms with Gasteiger partial charge >= 0.3 is 6.18 Å². The number of nitrogens with one attached hydrogen (secondary N) is 2. The number of hydrogen-bond donors (Lipinski definition) is 4. The van der Waals surface area contributed by atoms with E-state index >= 15 is 0 Å². The fourth-order valence-electron chi connectivity index (χ4n) is 4.28. The molecule has 182 valence electrons. The van der Waals surface area contributed by atoms with Crippen molar-refractivity contribution < 1.29 is 18.0 Å². The number of carbonyl (C=O) groups is 1. The fourth-order valence-corrected chi connectivity index (χ4v) is 4.28. The van der Waals surface area contributed by atoms with Crippen molar-refractivity contribution in [3.8, 4) is 11.3 Å². The fraction of sp³-hybridized carbons (Fsp3) is 0.455. The molecule has 9 nitrogen and oxygen atoms in total. The minimum atomic E-state index is -4.51. The second-order valence-corrected chi connectivity index (χ2v) is 8.51. The quantitative estimate of drug-likeness (QED) is 0.429. The lowest BCUT2D eigenvalue weighted by molar-refractivity contribution is -0.137. The van der Waals surface area contributed by atoms with Gasteiger partial charge in [0, 0.05) is 55.4 Å². The van der Waals surface area contributed by atoms with Crippen LogP contribution in [0.3, 0.4) is 0 Å². The van der Waals surface area contributed by atoms with Crippen LogP contribution in [0.1, 0.15) is 31.7 Å². The predicted molar refractivity (Wildman–Crippen MR) is 123 cm³/mol. The molecule has 0 aromatic carbocycles. The van der Waals surface area contributed by atoms with Gasteiger partial charge in [-0.1, -0.05) is 0 Å². The lowest BCUT2D eigenvalue weighted by Gasteiger charge is -2.35. The number of aromatic amines is 1. The molecule has 4 rings (SSSR count). The Kier molecular flexibility index (Phi) is 6.60. The van der Waals surface area contributed by atoms with Gasteiger partial charge in [0.05, 0.1) is 17.4 Å². The van der Waals surface area contributed by atoms with E-state index in [1.165, 1.54) is 12.4 Å². The van der Waals surface area contributed by atoms with Crippen molar-refractivity contribution in [1.29, 1.82) is 0 Å². The zero-order chi connectivity index (χ0) is 24.5. The Balaban J connectivity index is 1.52. The summed E-state index contributed by atoms with van der Waals surface area (Å²) in [7, 11) is 0. The number of piperidine rings is 1. The number of nitrogens with two attached hydrogens (primary N) is 2. The number of hydrogen-bond acceptors (Lipinski definition) is 7. The number of H-pyrrole nitrogens is 1. The summed E-state index contributed by atoms with van der Waals surface area (Å²) in [6.07, 6.45) is 1.27. The van der Waals surface area contributed by atoms with E-state index in [4.69, 9.17) is 11.5 Å². The highest BCUT2D eigenvalue weighted by atomic mass is 19.4. The van der Waals surface area contributed by atoms with E-state index in [9.17, 15) is 18.0 Å². The molecular weight excluding hydrogens is 449 g/mol. The number of carbonyl (C=O) groups excluding carboxylic acids is 1. The zero-order valence-corrected chi connectivity index (χ0v) is 18.7. The summed E-state index contributed by atoms with van der Waals surface area (Å²) in [6.45, 7) is 3.71. The van der Waals surface area contributed by atoms with Crippen molar-refractivity contribution in [3.63, 3.8) is 0 Å². The molecule has 12 heteroatoms. The Labute approximate surface area is 194 Å². The third-order valence-corrected chi connectivity index (χ3v) is 6.25. The highest BCUT2D eigenvalue weighted by Crippen LogP contribution is 2.35. The van der Waals surface area contributed by atoms with Gasteiger partial charge in [-0.25, -0.2) is 15.0 Å². The topological polar surface area (TPSA) is 139 Å². The molecule has 1 atom stereocenters. The summed E-state index contributed by atoms with van der Waals surface area (Å²) in [5.74, 6) is 0.709. The maximum Gasteiger partial charge on any atom is 0.417 e. The number of likely N-dealkylation sites (tertiary alicyclic amines) is 1. The number of anilines is 2. The molecule has 1 fully saturated rings. The van der Waals surface area contributed by atoms with Crippen LogP contribution in [0.2, 0.25) is 0 Å². The molecule has 0 aliphatic carbocycles. The summed E-state index contributed by atoms with van der Waals surface area (Å²) in [6, 6.07) is 1.05. The number of nitrogen functional groups attached to an aromatic ring is 1. The number of aromatic nitrogens is 4. The van der Waals surface area contributed by atoms with Gasteiger partial charge in [0.2, 0.25) is 11.9 Å². The third kappa shape index (κ3) is 4.91. The van der Waals surface area contributed by atoms with Gasteiger partial charge in [-0.05, 0) is 31.7 Å². The van der Waals surface area contributed by atoms with Gasteiger partial charge in [0.25, 0.3) is 0 Å². The van der Waals surface area contributed by atoms with Gasteiger partial charge in [-0.2, -0.15) is 13.2 Å². The maximum absolute atomic E-state index is 13.2. The van der Waals surface area contributed by atoms with Gasteiger partial charge in [0.15, 0.2) is 0 Å². The van der Waals surface area contributed by atoms with Gasteiger partial charge in [-0.15, -0.1) is 0 Å². The summed E-state index contributed by atoms with van der Waals surface area (Å²) < 4.78 is 39.6. The summed E-state index contributed by atoms with van der Waals surface area (Å²) in [4.78, 5) is 29.4. The molecule has 3 aromatic rings. The maximum atomic E-state index is 13.2. The van der Waals surface area contributed by atoms with E-state index in [0.29, 0.717) is 54.8 Å². The van der Waals surface area contributed by atoms with Crippen LogP contribution < -0.4 is 16.8 Å². The molecule has 3 aromatic heterocycles. The van der Waals surface area contributed by atoms with Crippen LogP contribution in [0.5, 0.6) is 0 Å². The number of alkyl halides is 3. The highest BCUT2D eigenvalue weighted by Gasteiger charge is 2.32. The third-order valence-electron chi connectivity index (χ3n) is 6.25. The number of amides is 1. The molecule has 0 bridgehead atoms. The van der Waals surface area contributed by atoms with Crippen LogP contribution in [0.15, 0.2) is 24.7 Å². The standard InChI is InChI=1S/C22H27F3N8O/c1-12(13-3-6-33(7-4-13)18(34)2-5-26)31-21-30-11-17(27)19(32-21)16-10-29-20-15(16)8-14(9-28-20)22(23,24)25/h8-13H,2-7,26-27H2,1H3,(H,28,29)(H,30,31,32)/t12-/m1/s1. The van der Waals surface area contributed by atoms with Crippen molar-refractivity contribution in [2.75, 3.05) is 30.7 Å². The highest BCUT2D eigenvalue weighted by molar-refractivity contribution is 5.95. The molecule has 1 amide bonds. The zero-order valence-electron chi connectivity index (χ0n) is 18.7. The van der Waals surface area contributed by atoms with E-state index in [2.05, 4.69) is 25.3 Å². The number of nitrogens with zero attached hydrogens (tertiary/aromatic N) is 4. The first-order chi connectivity index (χ1) is 16.2. The first-order valence-electron chi connectivity index (χ1n) is 11.1. The van der Waals surface area contributed by atoms with Crippen molar-refractivity contribution in [1.82, 2.24) is 24.8 Å². The van der Waals surface area contributed by atoms with Gasteiger partial charge in [-0.3, -0.25) is 4.79 Å². The van der Waals surface area contributed by atoms with E-state index < -0.39 is 11.7 Å². The molecule has 1 saturated heterocycles. The lowest BCUT2D eigenvalue weighted by Crippen LogP contribution is -2.42. The first-order valence-corrected chi connectivity index (χ1v) is 11.1. The number of fused-ring (bicyclic) bond motifs is 1. The van der Waals surface area contributed by atoms with Crippen molar-refractivity contribution in [2.24, 2.45) is 11.7 Å². The smallest absolute Gasteiger partial charge is 0.396 e. The number of pyridine rings is 1. The minimum absolute atomic E-state index is 0.0182. The minimum Gasteiger partial charge on any atom is -0.396 e. The van der Waals surface area contributed by atoms with Crippen LogP contribution in [-0.4, -0.2) is 56.4 Å². The molecule has 0 radical (unpaired) electrons. The molecule has 1 aliphatic rings. The second kappa shape index (κ2) is 9.45. The Morgan fingerprint density at radius 3 is 2.71 bits per heavy atom. The van der Waals surface area contributed by atoms with E-state index in [0.717, 1.165) is 25.1 Å². The molecule has 4 heterocycles. The SMILES string of the molecule is C[C@@H](Nc1ncc(N)c(-c2c[nH]c3ncc(C(F)(F)F)cc23)n1)C1CCN(C(=O)CCN)CC1. The van der Waals surface area contributed by atoms with Crippen LogP contribution in [-0.2, 0) is 11.0 Å². The Morgan fingerprint density at radius 1 is 1.29 bits per heavy atom. The van der Waals surface area contributed by atoms with Crippen LogP contribution in [0.25, 0.3) is 22.3 Å². The van der Waals surface area contributed by atoms with Crippen molar-refractivity contribution in [2.45, 2.75) is 38.4 Å². The van der Waals surface area contributed by atoms with Crippen LogP contribution >= 0.6 is 0 Å². The summed E-state index contributed by atoms with van der Waals surface area (Å²) >= 11 is 0. The van der Waals surface area contributed by atoms with Crippen molar-refractivity contribution >= 4 is 28.6 Å². The Morgan fingerprint density at radius 2 is 2.03 bits per heavy atom. The summed E-state index contributed by atoms with van der Waals surface area (Å²) in [5.41, 5.74) is 12.0. The van der Waals surface area contributed by atoms with Crippen LogP contribution in [0.4, 0.5) is 24.8 Å². The van der Waals surface area contributed by atoms with E-state index in [1.807, 2.05) is 11.8 Å². The molecular formula is C22H27F3N8O. The van der Waals surface area contributed by atoms with Gasteiger partial charge < -0.3 is 26.7 Å². The van der Waals surface area contributed by atoms with Gasteiger partial charge in [0.1, 0.15) is 11.3 Å². The lowest BCUT2D eigenvalue weighted by atomic mass is 9.90. The largest absolute Gasteiger partial charge is 0.417 e. The molecule has 34 heavy (non-hydrogen) atoms. The normalized spacial score (nSPS) is 16.1. The molecule has 1 aliphatic heterocycles. The number of halogens is 3. The predicted octanol–water partition coefficient (Wildman–Crippen LogP) is 3.01. The Hall–Kier alpha value is -3.41.